The molecule has 0 atom stereocenters. The fourth-order valence-corrected chi connectivity index (χ4v) is 2.19. The summed E-state index contributed by atoms with van der Waals surface area (Å²) in [5.74, 6) is 1.19. The Morgan fingerprint density at radius 2 is 1.63 bits per heavy atom. The number of pyridine rings is 1. The molecular weight excluding hydrogens is 246 g/mol. The van der Waals surface area contributed by atoms with E-state index in [1.54, 1.807) is 25.6 Å². The number of hydrogen-bond donors (Lipinski definition) is 0. The second-order valence-corrected chi connectivity index (χ2v) is 3.95. The number of rotatable bonds is 4. The molecule has 1 aromatic carbocycles. The van der Waals surface area contributed by atoms with Gasteiger partial charge in [0.15, 0.2) is 17.3 Å². The van der Waals surface area contributed by atoms with Gasteiger partial charge in [0.2, 0.25) is 5.75 Å². The van der Waals surface area contributed by atoms with Crippen LogP contribution in [0.1, 0.15) is 17.3 Å². The number of methoxy groups -OCH3 is 3. The van der Waals surface area contributed by atoms with Crippen molar-refractivity contribution in [3.05, 3.63) is 24.0 Å². The van der Waals surface area contributed by atoms with E-state index < -0.39 is 0 Å². The van der Waals surface area contributed by atoms with Gasteiger partial charge in [0.25, 0.3) is 0 Å². The van der Waals surface area contributed by atoms with Gasteiger partial charge in [-0.05, 0) is 13.0 Å². The molecular formula is C14H15NO4. The molecule has 0 aliphatic heterocycles. The molecule has 0 unspecified atom stereocenters. The van der Waals surface area contributed by atoms with Crippen LogP contribution in [0.4, 0.5) is 0 Å². The van der Waals surface area contributed by atoms with Gasteiger partial charge >= 0.3 is 0 Å². The van der Waals surface area contributed by atoms with Gasteiger partial charge in [-0.2, -0.15) is 0 Å². The van der Waals surface area contributed by atoms with Crippen LogP contribution in [0.25, 0.3) is 10.8 Å². The molecule has 5 heteroatoms. The van der Waals surface area contributed by atoms with Crippen molar-refractivity contribution in [2.45, 2.75) is 6.92 Å². The lowest BCUT2D eigenvalue weighted by Gasteiger charge is -2.17. The zero-order valence-corrected chi connectivity index (χ0v) is 11.3. The highest BCUT2D eigenvalue weighted by molar-refractivity contribution is 6.12. The molecule has 5 nitrogen and oxygen atoms in total. The van der Waals surface area contributed by atoms with Crippen molar-refractivity contribution >= 4 is 16.6 Å². The quantitative estimate of drug-likeness (QED) is 0.791. The summed E-state index contributed by atoms with van der Waals surface area (Å²) in [6.07, 6.45) is 3.26. The predicted octanol–water partition coefficient (Wildman–Crippen LogP) is 2.46. The number of ether oxygens (including phenoxy) is 3. The molecule has 0 aliphatic carbocycles. The Kier molecular flexibility index (Phi) is 3.55. The predicted molar refractivity (Wildman–Crippen MR) is 71.4 cm³/mol. The molecule has 0 spiro atoms. The van der Waals surface area contributed by atoms with Crippen LogP contribution in [0.2, 0.25) is 0 Å². The van der Waals surface area contributed by atoms with Crippen LogP contribution in [-0.2, 0) is 0 Å². The summed E-state index contributed by atoms with van der Waals surface area (Å²) in [6.45, 7) is 1.48. The van der Waals surface area contributed by atoms with Crippen LogP contribution in [0.5, 0.6) is 17.2 Å². The van der Waals surface area contributed by atoms with Crippen molar-refractivity contribution < 1.29 is 19.0 Å². The van der Waals surface area contributed by atoms with E-state index >= 15 is 0 Å². The SMILES string of the molecule is COc1c(OC)c(C(C)=O)c2cnccc2c1OC. The van der Waals surface area contributed by atoms with E-state index in [1.807, 2.05) is 0 Å². The number of Topliss-reactive ketones (excluding diaryl/α,β-unsaturated/α-hetero) is 1. The second-order valence-electron chi connectivity index (χ2n) is 3.95. The van der Waals surface area contributed by atoms with Gasteiger partial charge in [0, 0.05) is 23.2 Å². The highest BCUT2D eigenvalue weighted by atomic mass is 16.5. The summed E-state index contributed by atoms with van der Waals surface area (Å²) < 4.78 is 16.0. The number of carbonyl (C=O) groups is 1. The maximum absolute atomic E-state index is 11.9. The van der Waals surface area contributed by atoms with E-state index in [4.69, 9.17) is 14.2 Å². The van der Waals surface area contributed by atoms with E-state index in [1.165, 1.54) is 21.1 Å². The minimum absolute atomic E-state index is 0.115. The lowest BCUT2D eigenvalue weighted by atomic mass is 10.0. The first-order valence-corrected chi connectivity index (χ1v) is 5.72. The van der Waals surface area contributed by atoms with Gasteiger partial charge in [-0.3, -0.25) is 9.78 Å². The van der Waals surface area contributed by atoms with Gasteiger partial charge in [0.05, 0.1) is 26.9 Å². The van der Waals surface area contributed by atoms with Gasteiger partial charge < -0.3 is 14.2 Å². The van der Waals surface area contributed by atoms with Crippen LogP contribution >= 0.6 is 0 Å². The van der Waals surface area contributed by atoms with Gasteiger partial charge in [-0.15, -0.1) is 0 Å². The average molecular weight is 261 g/mol. The fourth-order valence-electron chi connectivity index (χ4n) is 2.19. The average Bonchev–Trinajstić information content (AvgIpc) is 2.43. The molecule has 0 N–H and O–H groups in total. The Hall–Kier alpha value is -2.30. The molecule has 0 aliphatic rings. The van der Waals surface area contributed by atoms with Gasteiger partial charge in [-0.1, -0.05) is 0 Å². The molecule has 0 saturated carbocycles. The number of fused-ring (bicyclic) bond motifs is 1. The van der Waals surface area contributed by atoms with Crippen LogP contribution in [-0.4, -0.2) is 32.1 Å². The van der Waals surface area contributed by atoms with Crippen molar-refractivity contribution in [3.8, 4) is 17.2 Å². The number of hydrogen-bond acceptors (Lipinski definition) is 5. The van der Waals surface area contributed by atoms with Gasteiger partial charge in [0.1, 0.15) is 0 Å². The highest BCUT2D eigenvalue weighted by Gasteiger charge is 2.24. The number of nitrogens with zero attached hydrogens (tertiary/aromatic N) is 1. The van der Waals surface area contributed by atoms with Crippen LogP contribution < -0.4 is 14.2 Å². The maximum Gasteiger partial charge on any atom is 0.204 e. The third kappa shape index (κ3) is 1.97. The monoisotopic (exact) mass is 261 g/mol. The van der Waals surface area contributed by atoms with Crippen molar-refractivity contribution in [1.29, 1.82) is 0 Å². The molecule has 2 rings (SSSR count). The Bertz CT molecular complexity index is 637. The minimum Gasteiger partial charge on any atom is -0.492 e. The van der Waals surface area contributed by atoms with Crippen molar-refractivity contribution in [2.24, 2.45) is 0 Å². The van der Waals surface area contributed by atoms with E-state index in [0.717, 1.165) is 5.39 Å². The Morgan fingerprint density at radius 3 is 2.16 bits per heavy atom. The number of aromatic nitrogens is 1. The Morgan fingerprint density at radius 1 is 1.00 bits per heavy atom. The maximum atomic E-state index is 11.9. The molecule has 0 radical (unpaired) electrons. The molecule has 1 aromatic heterocycles. The van der Waals surface area contributed by atoms with Crippen molar-refractivity contribution in [2.75, 3.05) is 21.3 Å². The molecule has 2 aromatic rings. The highest BCUT2D eigenvalue weighted by Crippen LogP contribution is 2.46. The molecule has 0 bridgehead atoms. The molecule has 0 amide bonds. The normalized spacial score (nSPS) is 10.3. The topological polar surface area (TPSA) is 57.7 Å². The fraction of sp³-hybridized carbons (Fsp3) is 0.286. The lowest BCUT2D eigenvalue weighted by Crippen LogP contribution is -2.04. The summed E-state index contributed by atoms with van der Waals surface area (Å²) in [5.41, 5.74) is 0.447. The first-order valence-electron chi connectivity index (χ1n) is 5.72. The summed E-state index contributed by atoms with van der Waals surface area (Å²) in [4.78, 5) is 16.0. The third-order valence-corrected chi connectivity index (χ3v) is 2.94. The zero-order valence-electron chi connectivity index (χ0n) is 11.3. The van der Waals surface area contributed by atoms with E-state index in [-0.39, 0.29) is 5.78 Å². The summed E-state index contributed by atoms with van der Waals surface area (Å²) in [5, 5.41) is 1.45. The molecule has 19 heavy (non-hydrogen) atoms. The van der Waals surface area contributed by atoms with Crippen LogP contribution in [0, 0.1) is 0 Å². The third-order valence-electron chi connectivity index (χ3n) is 2.94. The summed E-state index contributed by atoms with van der Waals surface area (Å²) in [7, 11) is 4.55. The van der Waals surface area contributed by atoms with E-state index in [9.17, 15) is 4.79 Å². The second kappa shape index (κ2) is 5.14. The first-order chi connectivity index (χ1) is 9.15. The molecule has 100 valence electrons. The molecule has 1 heterocycles. The number of carbonyl (C=O) groups excluding carboxylic acids is 1. The summed E-state index contributed by atoms with van der Waals surface area (Å²) >= 11 is 0. The Labute approximate surface area is 111 Å². The smallest absolute Gasteiger partial charge is 0.204 e. The van der Waals surface area contributed by atoms with E-state index in [2.05, 4.69) is 4.98 Å². The van der Waals surface area contributed by atoms with Gasteiger partial charge in [-0.25, -0.2) is 0 Å². The summed E-state index contributed by atoms with van der Waals surface area (Å²) in [6, 6.07) is 1.78. The first kappa shape index (κ1) is 13.1. The van der Waals surface area contributed by atoms with Crippen molar-refractivity contribution in [3.63, 3.8) is 0 Å². The van der Waals surface area contributed by atoms with Crippen molar-refractivity contribution in [1.82, 2.24) is 4.98 Å². The molecule has 0 fully saturated rings. The Balaban J connectivity index is 3.02. The molecule has 0 saturated heterocycles. The zero-order chi connectivity index (χ0) is 14.0. The number of benzene rings is 1. The largest absolute Gasteiger partial charge is 0.492 e. The van der Waals surface area contributed by atoms with Crippen LogP contribution in [0.15, 0.2) is 18.5 Å². The number of ketones is 1. The minimum atomic E-state index is -0.115. The standard InChI is InChI=1S/C14H15NO4/c1-8(16)11-10-7-15-6-5-9(10)12(17-2)14(19-4)13(11)18-3/h5-7H,1-4H3. The van der Waals surface area contributed by atoms with E-state index in [0.29, 0.717) is 28.2 Å². The van der Waals surface area contributed by atoms with Crippen LogP contribution in [0.3, 0.4) is 0 Å². The lowest BCUT2D eigenvalue weighted by molar-refractivity contribution is 0.101.